The van der Waals surface area contributed by atoms with Crippen molar-refractivity contribution in [3.8, 4) is 0 Å². The average Bonchev–Trinajstić information content (AvgIpc) is 3.18. The third-order valence-corrected chi connectivity index (χ3v) is 6.29. The molecule has 1 aliphatic rings. The minimum Gasteiger partial charge on any atom is -0.476 e. The normalized spacial score (nSPS) is 20.4. The number of alkyl halides is 1. The molecule has 26 heavy (non-hydrogen) atoms. The Bertz CT molecular complexity index is 854. The molecule has 0 aromatic carbocycles. The Morgan fingerprint density at radius 2 is 2.19 bits per heavy atom. The van der Waals surface area contributed by atoms with Crippen LogP contribution in [0.3, 0.4) is 0 Å². The Morgan fingerprint density at radius 1 is 1.46 bits per heavy atom. The van der Waals surface area contributed by atoms with Gasteiger partial charge < -0.3 is 15.0 Å². The molecule has 6 nitrogen and oxygen atoms in total. The zero-order chi connectivity index (χ0) is 19.0. The molecule has 0 radical (unpaired) electrons. The second-order valence-corrected chi connectivity index (χ2v) is 7.80. The van der Waals surface area contributed by atoms with Crippen LogP contribution < -0.4 is 4.90 Å². The highest BCUT2D eigenvalue weighted by molar-refractivity contribution is 7.13. The molecular formula is C16H16Cl2FN3O3S. The second-order valence-electron chi connectivity index (χ2n) is 6.21. The number of carbonyl (C=O) groups excluding carboxylic acids is 1. The van der Waals surface area contributed by atoms with Gasteiger partial charge in [0.1, 0.15) is 11.9 Å². The number of hydrogen-bond donors (Lipinski definition) is 2. The van der Waals surface area contributed by atoms with E-state index in [9.17, 15) is 14.0 Å². The van der Waals surface area contributed by atoms with Gasteiger partial charge in [-0.3, -0.25) is 4.79 Å². The van der Waals surface area contributed by atoms with Crippen LogP contribution in [0.15, 0.2) is 5.38 Å². The van der Waals surface area contributed by atoms with Gasteiger partial charge in [-0.15, -0.1) is 11.3 Å². The number of ketones is 1. The number of aromatic carboxylic acids is 1. The maximum atomic E-state index is 14.6. The van der Waals surface area contributed by atoms with Crippen LogP contribution in [-0.2, 0) is 0 Å². The van der Waals surface area contributed by atoms with Crippen molar-refractivity contribution in [3.05, 3.63) is 32.5 Å². The van der Waals surface area contributed by atoms with Gasteiger partial charge in [0, 0.05) is 30.0 Å². The van der Waals surface area contributed by atoms with Crippen molar-refractivity contribution in [1.29, 1.82) is 0 Å². The molecular weight excluding hydrogens is 404 g/mol. The van der Waals surface area contributed by atoms with Crippen LogP contribution in [0.1, 0.15) is 39.5 Å². The molecule has 10 heteroatoms. The van der Waals surface area contributed by atoms with Crippen molar-refractivity contribution in [1.82, 2.24) is 9.97 Å². The van der Waals surface area contributed by atoms with Gasteiger partial charge in [0.15, 0.2) is 16.6 Å². The molecule has 2 N–H and O–H groups in total. The molecule has 0 saturated carbocycles. The van der Waals surface area contributed by atoms with E-state index in [1.54, 1.807) is 11.8 Å². The number of carbonyl (C=O) groups is 2. The first kappa shape index (κ1) is 19.1. The van der Waals surface area contributed by atoms with E-state index in [0.717, 1.165) is 0 Å². The minimum absolute atomic E-state index is 0.0310. The number of halogens is 3. The van der Waals surface area contributed by atoms with Crippen LogP contribution in [0.25, 0.3) is 0 Å². The van der Waals surface area contributed by atoms with Gasteiger partial charge in [-0.05, 0) is 13.3 Å². The molecule has 1 fully saturated rings. The number of aromatic amines is 1. The summed E-state index contributed by atoms with van der Waals surface area (Å²) in [5.41, 5.74) is 0.769. The van der Waals surface area contributed by atoms with Crippen LogP contribution in [0.5, 0.6) is 0 Å². The van der Waals surface area contributed by atoms with E-state index in [4.69, 9.17) is 28.3 Å². The predicted octanol–water partition coefficient (Wildman–Crippen LogP) is 4.22. The third kappa shape index (κ3) is 3.72. The van der Waals surface area contributed by atoms with E-state index < -0.39 is 18.1 Å². The van der Waals surface area contributed by atoms with Crippen molar-refractivity contribution in [3.63, 3.8) is 0 Å². The number of nitrogens with zero attached hydrogens (tertiary/aromatic N) is 2. The number of carboxylic acid groups (broad SMARTS) is 1. The number of Topliss-reactive ketones (excluding diaryl/α,β-unsaturated/α-hetero) is 1. The fourth-order valence-corrected chi connectivity index (χ4v) is 4.24. The fourth-order valence-electron chi connectivity index (χ4n) is 2.97. The van der Waals surface area contributed by atoms with Crippen LogP contribution in [-0.4, -0.2) is 46.1 Å². The SMILES string of the molecule is Cc1[nH]c(C(=O)CC2CCN(c3nc(C(=O)O)cs3)CC2F)c(Cl)c1Cl. The number of anilines is 1. The van der Waals surface area contributed by atoms with Crippen LogP contribution in [0.4, 0.5) is 9.52 Å². The van der Waals surface area contributed by atoms with Gasteiger partial charge in [-0.1, -0.05) is 23.2 Å². The monoisotopic (exact) mass is 419 g/mol. The zero-order valence-corrected chi connectivity index (χ0v) is 16.1. The maximum absolute atomic E-state index is 14.6. The lowest BCUT2D eigenvalue weighted by molar-refractivity contribution is 0.0691. The quantitative estimate of drug-likeness (QED) is 0.708. The Hall–Kier alpha value is -1.64. The Balaban J connectivity index is 1.64. The molecule has 0 bridgehead atoms. The molecule has 2 unspecified atom stereocenters. The topological polar surface area (TPSA) is 86.3 Å². The number of piperidine rings is 1. The third-order valence-electron chi connectivity index (χ3n) is 4.44. The summed E-state index contributed by atoms with van der Waals surface area (Å²) < 4.78 is 14.6. The first-order valence-corrected chi connectivity index (χ1v) is 9.56. The molecule has 0 aliphatic carbocycles. The molecule has 0 spiro atoms. The number of thiazole rings is 1. The summed E-state index contributed by atoms with van der Waals surface area (Å²) in [6, 6.07) is 0. The van der Waals surface area contributed by atoms with Crippen molar-refractivity contribution in [2.75, 3.05) is 18.0 Å². The van der Waals surface area contributed by atoms with Crippen molar-refractivity contribution >= 4 is 51.4 Å². The van der Waals surface area contributed by atoms with Gasteiger partial charge in [0.2, 0.25) is 0 Å². The molecule has 2 atom stereocenters. The number of aromatic nitrogens is 2. The van der Waals surface area contributed by atoms with Gasteiger partial charge in [0.05, 0.1) is 16.6 Å². The first-order valence-electron chi connectivity index (χ1n) is 7.92. The summed E-state index contributed by atoms with van der Waals surface area (Å²) in [5, 5.41) is 11.3. The van der Waals surface area contributed by atoms with E-state index in [1.807, 2.05) is 0 Å². The van der Waals surface area contributed by atoms with Crippen molar-refractivity contribution < 1.29 is 19.1 Å². The summed E-state index contributed by atoms with van der Waals surface area (Å²) in [7, 11) is 0. The summed E-state index contributed by atoms with van der Waals surface area (Å²) in [4.78, 5) is 31.9. The summed E-state index contributed by atoms with van der Waals surface area (Å²) in [6.07, 6.45) is -0.737. The number of rotatable bonds is 5. The lowest BCUT2D eigenvalue weighted by atomic mass is 9.89. The Morgan fingerprint density at radius 3 is 2.73 bits per heavy atom. The van der Waals surface area contributed by atoms with E-state index >= 15 is 0 Å². The molecule has 3 rings (SSSR count). The fraction of sp³-hybridized carbons (Fsp3) is 0.438. The average molecular weight is 420 g/mol. The zero-order valence-electron chi connectivity index (χ0n) is 13.8. The van der Waals surface area contributed by atoms with Gasteiger partial charge in [0.25, 0.3) is 0 Å². The molecule has 1 saturated heterocycles. The van der Waals surface area contributed by atoms with Crippen LogP contribution in [0, 0.1) is 12.8 Å². The highest BCUT2D eigenvalue weighted by Crippen LogP contribution is 2.33. The first-order chi connectivity index (χ1) is 12.3. The minimum atomic E-state index is -1.23. The smallest absolute Gasteiger partial charge is 0.355 e. The highest BCUT2D eigenvalue weighted by Gasteiger charge is 2.33. The summed E-state index contributed by atoms with van der Waals surface area (Å²) >= 11 is 13.2. The number of H-pyrrole nitrogens is 1. The summed E-state index contributed by atoms with van der Waals surface area (Å²) in [5.74, 6) is -1.81. The second kappa shape index (κ2) is 7.54. The lowest BCUT2D eigenvalue weighted by Crippen LogP contribution is -2.42. The summed E-state index contributed by atoms with van der Waals surface area (Å²) in [6.45, 7) is 2.28. The van der Waals surface area contributed by atoms with Gasteiger partial charge >= 0.3 is 5.97 Å². The van der Waals surface area contributed by atoms with E-state index in [1.165, 1.54) is 16.7 Å². The molecule has 1 aliphatic heterocycles. The van der Waals surface area contributed by atoms with E-state index in [0.29, 0.717) is 28.8 Å². The maximum Gasteiger partial charge on any atom is 0.355 e. The lowest BCUT2D eigenvalue weighted by Gasteiger charge is -2.34. The molecule has 2 aromatic rings. The van der Waals surface area contributed by atoms with Crippen LogP contribution >= 0.6 is 34.5 Å². The van der Waals surface area contributed by atoms with E-state index in [2.05, 4.69) is 9.97 Å². The van der Waals surface area contributed by atoms with Crippen molar-refractivity contribution in [2.45, 2.75) is 25.9 Å². The highest BCUT2D eigenvalue weighted by atomic mass is 35.5. The van der Waals surface area contributed by atoms with Gasteiger partial charge in [-0.2, -0.15) is 0 Å². The number of hydrogen-bond acceptors (Lipinski definition) is 5. The van der Waals surface area contributed by atoms with E-state index in [-0.39, 0.29) is 35.2 Å². The standard InChI is InChI=1S/C16H16Cl2FN3O3S/c1-7-12(17)13(18)14(20-7)11(23)4-8-2-3-22(5-9(8)19)16-21-10(6-26-16)15(24)25/h6,8-9,20H,2-5H2,1H3,(H,24,25). The number of aryl methyl sites for hydroxylation is 1. The predicted molar refractivity (Wildman–Crippen MR) is 98.8 cm³/mol. The molecule has 140 valence electrons. The van der Waals surface area contributed by atoms with Crippen LogP contribution in [0.2, 0.25) is 10.0 Å². The molecule has 3 heterocycles. The Kier molecular flexibility index (Phi) is 5.55. The largest absolute Gasteiger partial charge is 0.476 e. The molecule has 2 aromatic heterocycles. The Labute approximate surface area is 162 Å². The number of nitrogens with one attached hydrogen (secondary N) is 1. The van der Waals surface area contributed by atoms with Crippen molar-refractivity contribution in [2.24, 2.45) is 5.92 Å². The number of carboxylic acids is 1. The molecule has 0 amide bonds. The van der Waals surface area contributed by atoms with Gasteiger partial charge in [-0.25, -0.2) is 14.2 Å².